The molecule has 0 fully saturated rings. The number of methoxy groups -OCH3 is 1. The minimum Gasteiger partial charge on any atom is -0.467 e. The molecule has 2 aromatic rings. The van der Waals surface area contributed by atoms with Crippen molar-refractivity contribution in [1.29, 1.82) is 0 Å². The monoisotopic (exact) mass is 276 g/mol. The highest BCUT2D eigenvalue weighted by atomic mass is 16.5. The number of nitrogens with one attached hydrogen (secondary N) is 1. The number of nitrogens with zero attached hydrogens (tertiary/aromatic N) is 1. The lowest BCUT2D eigenvalue weighted by molar-refractivity contribution is 0.0737. The Kier molecular flexibility index (Phi) is 4.37. The molecule has 0 spiro atoms. The zero-order chi connectivity index (χ0) is 14.5. The molecule has 1 amide bonds. The van der Waals surface area contributed by atoms with Crippen LogP contribution in [0.4, 0.5) is 0 Å². The molecule has 0 aromatic carbocycles. The number of rotatable bonds is 5. The summed E-state index contributed by atoms with van der Waals surface area (Å²) in [5.74, 6) is 0.188. The van der Waals surface area contributed by atoms with Gasteiger partial charge in [-0.15, -0.1) is 0 Å². The Bertz CT molecular complexity index is 631. The number of carbonyl (C=O) groups excluding carboxylic acids is 1. The first-order chi connectivity index (χ1) is 9.63. The van der Waals surface area contributed by atoms with Gasteiger partial charge in [0.1, 0.15) is 17.4 Å². The molecule has 106 valence electrons. The molecule has 2 aromatic heterocycles. The first-order valence-electron chi connectivity index (χ1n) is 6.13. The summed E-state index contributed by atoms with van der Waals surface area (Å²) in [4.78, 5) is 23.8. The van der Waals surface area contributed by atoms with E-state index in [-0.39, 0.29) is 23.8 Å². The minimum absolute atomic E-state index is 0.101. The van der Waals surface area contributed by atoms with Gasteiger partial charge in [0.05, 0.1) is 12.8 Å². The van der Waals surface area contributed by atoms with Gasteiger partial charge in [-0.3, -0.25) is 9.59 Å². The number of carbonyl (C=O) groups is 1. The molecule has 6 nitrogen and oxygen atoms in total. The first kappa shape index (κ1) is 14.1. The molecule has 1 unspecified atom stereocenters. The normalized spacial score (nSPS) is 12.1. The van der Waals surface area contributed by atoms with E-state index >= 15 is 0 Å². The van der Waals surface area contributed by atoms with Crippen molar-refractivity contribution in [2.75, 3.05) is 13.7 Å². The summed E-state index contributed by atoms with van der Waals surface area (Å²) < 4.78 is 11.8. The smallest absolute Gasteiger partial charge is 0.263 e. The zero-order valence-electron chi connectivity index (χ0n) is 11.3. The molecule has 0 radical (unpaired) electrons. The van der Waals surface area contributed by atoms with Gasteiger partial charge in [-0.1, -0.05) is 0 Å². The van der Waals surface area contributed by atoms with Crippen molar-refractivity contribution >= 4 is 5.91 Å². The quantitative estimate of drug-likeness (QED) is 0.887. The zero-order valence-corrected chi connectivity index (χ0v) is 11.3. The fourth-order valence-corrected chi connectivity index (χ4v) is 1.83. The van der Waals surface area contributed by atoms with Crippen LogP contribution in [0.3, 0.4) is 0 Å². The summed E-state index contributed by atoms with van der Waals surface area (Å²) in [6.45, 7) is 0.223. The Balaban J connectivity index is 2.05. The lowest BCUT2D eigenvalue weighted by Gasteiger charge is -2.13. The van der Waals surface area contributed by atoms with Crippen molar-refractivity contribution in [3.05, 3.63) is 58.4 Å². The second-order valence-corrected chi connectivity index (χ2v) is 4.29. The van der Waals surface area contributed by atoms with E-state index in [1.807, 2.05) is 0 Å². The van der Waals surface area contributed by atoms with Gasteiger partial charge in [-0.05, 0) is 24.3 Å². The summed E-state index contributed by atoms with van der Waals surface area (Å²) in [6, 6.07) is 6.65. The van der Waals surface area contributed by atoms with Crippen LogP contribution in [0.15, 0.2) is 45.9 Å². The van der Waals surface area contributed by atoms with E-state index in [2.05, 4.69) is 5.32 Å². The number of hydrogen-bond acceptors (Lipinski definition) is 4. The number of hydrogen-bond donors (Lipinski definition) is 1. The van der Waals surface area contributed by atoms with Crippen LogP contribution in [0, 0.1) is 0 Å². The Morgan fingerprint density at radius 3 is 2.90 bits per heavy atom. The number of furan rings is 1. The average Bonchev–Trinajstić information content (AvgIpc) is 2.96. The SMILES string of the molecule is COC(CNC(=O)c1cccn(C)c1=O)c1ccco1. The van der Waals surface area contributed by atoms with Crippen LogP contribution in [-0.4, -0.2) is 24.1 Å². The number of ether oxygens (including phenoxy) is 1. The Hall–Kier alpha value is -2.34. The third-order valence-corrected chi connectivity index (χ3v) is 2.96. The highest BCUT2D eigenvalue weighted by molar-refractivity contribution is 5.93. The summed E-state index contributed by atoms with van der Waals surface area (Å²) in [7, 11) is 3.13. The first-order valence-corrected chi connectivity index (χ1v) is 6.13. The Labute approximate surface area is 116 Å². The van der Waals surface area contributed by atoms with E-state index in [0.717, 1.165) is 0 Å². The molecule has 20 heavy (non-hydrogen) atoms. The maximum Gasteiger partial charge on any atom is 0.263 e. The molecular formula is C14H16N2O4. The molecule has 0 saturated carbocycles. The molecular weight excluding hydrogens is 260 g/mol. The molecule has 6 heteroatoms. The van der Waals surface area contributed by atoms with Crippen molar-refractivity contribution in [3.8, 4) is 0 Å². The van der Waals surface area contributed by atoms with Gasteiger partial charge in [-0.2, -0.15) is 0 Å². The Morgan fingerprint density at radius 1 is 1.45 bits per heavy atom. The van der Waals surface area contributed by atoms with Crippen LogP contribution in [0.5, 0.6) is 0 Å². The lowest BCUT2D eigenvalue weighted by atomic mass is 10.2. The second kappa shape index (κ2) is 6.21. The van der Waals surface area contributed by atoms with Gasteiger partial charge in [0.2, 0.25) is 0 Å². The van der Waals surface area contributed by atoms with Gasteiger partial charge in [-0.25, -0.2) is 0 Å². The van der Waals surface area contributed by atoms with Crippen LogP contribution < -0.4 is 10.9 Å². The molecule has 1 atom stereocenters. The van der Waals surface area contributed by atoms with Crippen molar-refractivity contribution < 1.29 is 13.9 Å². The van der Waals surface area contributed by atoms with Crippen molar-refractivity contribution in [3.63, 3.8) is 0 Å². The van der Waals surface area contributed by atoms with E-state index < -0.39 is 5.91 Å². The molecule has 0 bridgehead atoms. The summed E-state index contributed by atoms with van der Waals surface area (Å²) in [6.07, 6.45) is 2.75. The topological polar surface area (TPSA) is 73.5 Å². The third kappa shape index (κ3) is 2.97. The fourth-order valence-electron chi connectivity index (χ4n) is 1.83. The predicted molar refractivity (Wildman–Crippen MR) is 72.5 cm³/mol. The fraction of sp³-hybridized carbons (Fsp3) is 0.286. The highest BCUT2D eigenvalue weighted by Crippen LogP contribution is 2.15. The van der Waals surface area contributed by atoms with E-state index in [0.29, 0.717) is 5.76 Å². The molecule has 0 aliphatic carbocycles. The third-order valence-electron chi connectivity index (χ3n) is 2.96. The molecule has 1 N–H and O–H groups in total. The number of aryl methyl sites for hydroxylation is 1. The second-order valence-electron chi connectivity index (χ2n) is 4.29. The average molecular weight is 276 g/mol. The predicted octanol–water partition coefficient (Wildman–Crippen LogP) is 1.10. The summed E-state index contributed by atoms with van der Waals surface area (Å²) in [5.41, 5.74) is -0.235. The highest BCUT2D eigenvalue weighted by Gasteiger charge is 2.16. The number of aromatic nitrogens is 1. The lowest BCUT2D eigenvalue weighted by Crippen LogP contribution is -2.34. The van der Waals surface area contributed by atoms with Crippen molar-refractivity contribution in [2.24, 2.45) is 7.05 Å². The van der Waals surface area contributed by atoms with Crippen LogP contribution in [-0.2, 0) is 11.8 Å². The van der Waals surface area contributed by atoms with E-state index in [9.17, 15) is 9.59 Å². The largest absolute Gasteiger partial charge is 0.467 e. The summed E-state index contributed by atoms with van der Waals surface area (Å²) in [5, 5.41) is 2.67. The Morgan fingerprint density at radius 2 is 2.25 bits per heavy atom. The van der Waals surface area contributed by atoms with Crippen molar-refractivity contribution in [2.45, 2.75) is 6.10 Å². The molecule has 0 saturated heterocycles. The standard InChI is InChI=1S/C14H16N2O4/c1-16-7-3-5-10(14(16)18)13(17)15-9-12(19-2)11-6-4-8-20-11/h3-8,12H,9H2,1-2H3,(H,15,17). The van der Waals surface area contributed by atoms with Crippen LogP contribution in [0.2, 0.25) is 0 Å². The minimum atomic E-state index is -0.431. The number of pyridine rings is 1. The van der Waals surface area contributed by atoms with Crippen LogP contribution in [0.25, 0.3) is 0 Å². The van der Waals surface area contributed by atoms with Crippen LogP contribution >= 0.6 is 0 Å². The molecule has 0 aliphatic heterocycles. The molecule has 0 aliphatic rings. The van der Waals surface area contributed by atoms with E-state index in [1.165, 1.54) is 24.0 Å². The molecule has 2 rings (SSSR count). The van der Waals surface area contributed by atoms with Gasteiger partial charge in [0, 0.05) is 20.4 Å². The van der Waals surface area contributed by atoms with Gasteiger partial charge in [0.15, 0.2) is 0 Å². The maximum atomic E-state index is 12.0. The van der Waals surface area contributed by atoms with Gasteiger partial charge in [0.25, 0.3) is 11.5 Å². The van der Waals surface area contributed by atoms with Crippen molar-refractivity contribution in [1.82, 2.24) is 9.88 Å². The van der Waals surface area contributed by atoms with Crippen LogP contribution in [0.1, 0.15) is 22.2 Å². The maximum absolute atomic E-state index is 12.0. The number of amides is 1. The van der Waals surface area contributed by atoms with Gasteiger partial charge >= 0.3 is 0 Å². The van der Waals surface area contributed by atoms with E-state index in [1.54, 1.807) is 31.4 Å². The van der Waals surface area contributed by atoms with E-state index in [4.69, 9.17) is 9.15 Å². The van der Waals surface area contributed by atoms with Gasteiger partial charge < -0.3 is 19.0 Å². The summed E-state index contributed by atoms with van der Waals surface area (Å²) >= 11 is 0. The molecule has 2 heterocycles.